The molecule has 0 heterocycles. The Hall–Kier alpha value is -2.40. The third-order valence-corrected chi connectivity index (χ3v) is 2.07. The molecule has 2 nitrogen and oxygen atoms in total. The lowest BCUT2D eigenvalue weighted by Gasteiger charge is -1.99. The lowest BCUT2D eigenvalue weighted by atomic mass is 10.0. The van der Waals surface area contributed by atoms with Crippen LogP contribution in [0, 0.1) is 11.8 Å². The molecule has 0 saturated carbocycles. The van der Waals surface area contributed by atoms with Crippen molar-refractivity contribution in [1.29, 1.82) is 5.26 Å². The zero-order valence-corrected chi connectivity index (χ0v) is 8.63. The van der Waals surface area contributed by atoms with Gasteiger partial charge in [-0.3, -0.25) is 4.79 Å². The van der Waals surface area contributed by atoms with E-state index in [0.29, 0.717) is 0 Å². The van der Waals surface area contributed by atoms with Crippen molar-refractivity contribution in [3.63, 3.8) is 0 Å². The van der Waals surface area contributed by atoms with E-state index in [1.54, 1.807) is 0 Å². The Labute approximate surface area is 94.8 Å². The zero-order chi connectivity index (χ0) is 11.8. The van der Waals surface area contributed by atoms with Crippen LogP contribution in [0.5, 0.6) is 0 Å². The van der Waals surface area contributed by atoms with Gasteiger partial charge in [0.05, 0.1) is 0 Å². The van der Waals surface area contributed by atoms with Gasteiger partial charge in [-0.15, -0.1) is 0 Å². The van der Waals surface area contributed by atoms with Gasteiger partial charge in [0.1, 0.15) is 0 Å². The Balaban J connectivity index is 0.000000606. The van der Waals surface area contributed by atoms with Gasteiger partial charge in [0.2, 0.25) is 0 Å². The van der Waals surface area contributed by atoms with E-state index in [2.05, 4.69) is 0 Å². The van der Waals surface area contributed by atoms with Gasteiger partial charge in [-0.25, -0.2) is 0 Å². The summed E-state index contributed by atoms with van der Waals surface area (Å²) < 4.78 is 0. The maximum atomic E-state index is 11.8. The minimum atomic E-state index is 0.0752. The molecule has 0 aliphatic heterocycles. The standard InChI is InChI=1S/C13H10O.CN/c14-13(11-7-3-1-4-8-11)12-9-5-2-6-10-12;1-2/h1-10H;/q;-1. The Kier molecular flexibility index (Phi) is 4.49. The lowest BCUT2D eigenvalue weighted by Crippen LogP contribution is -1.99. The van der Waals surface area contributed by atoms with Gasteiger partial charge >= 0.3 is 0 Å². The van der Waals surface area contributed by atoms with Crippen molar-refractivity contribution < 1.29 is 4.79 Å². The first-order valence-electron chi connectivity index (χ1n) is 4.75. The van der Waals surface area contributed by atoms with Crippen LogP contribution < -0.4 is 0 Å². The molecule has 0 radical (unpaired) electrons. The molecule has 0 aromatic heterocycles. The van der Waals surface area contributed by atoms with Gasteiger partial charge < -0.3 is 11.8 Å². The highest BCUT2D eigenvalue weighted by atomic mass is 16.1. The SMILES string of the molecule is O=C(c1ccccc1)c1ccccc1.[C-]#N. The summed E-state index contributed by atoms with van der Waals surface area (Å²) in [4.78, 5) is 11.8. The fourth-order valence-electron chi connectivity index (χ4n) is 1.35. The Morgan fingerprint density at radius 1 is 0.750 bits per heavy atom. The van der Waals surface area contributed by atoms with Gasteiger partial charge in [0.15, 0.2) is 5.78 Å². The van der Waals surface area contributed by atoms with E-state index in [1.165, 1.54) is 0 Å². The molecular formula is C14H10NO-. The topological polar surface area (TPSA) is 40.9 Å². The summed E-state index contributed by atoms with van der Waals surface area (Å²) in [6.45, 7) is 4.75. The van der Waals surface area contributed by atoms with Gasteiger partial charge in [-0.05, 0) is 0 Å². The number of carbonyl (C=O) groups is 1. The fraction of sp³-hybridized carbons (Fsp3) is 0. The molecule has 0 unspecified atom stereocenters. The van der Waals surface area contributed by atoms with Crippen LogP contribution in [0.25, 0.3) is 0 Å². The number of rotatable bonds is 2. The Bertz CT molecular complexity index is 418. The van der Waals surface area contributed by atoms with Crippen LogP contribution in [0.3, 0.4) is 0 Å². The molecule has 0 saturated heterocycles. The molecule has 0 amide bonds. The maximum absolute atomic E-state index is 11.8. The van der Waals surface area contributed by atoms with Crippen molar-refractivity contribution in [2.75, 3.05) is 0 Å². The van der Waals surface area contributed by atoms with Crippen molar-refractivity contribution in [3.05, 3.63) is 78.4 Å². The van der Waals surface area contributed by atoms with E-state index < -0.39 is 0 Å². The maximum Gasteiger partial charge on any atom is 0.193 e. The normalized spacial score (nSPS) is 8.62. The summed E-state index contributed by atoms with van der Waals surface area (Å²) in [5.74, 6) is 0.0752. The molecule has 0 N–H and O–H groups in total. The number of ketones is 1. The highest BCUT2D eigenvalue weighted by Gasteiger charge is 2.06. The van der Waals surface area contributed by atoms with Crippen LogP contribution in [0.1, 0.15) is 15.9 Å². The molecule has 0 spiro atoms. The van der Waals surface area contributed by atoms with Crippen molar-refractivity contribution in [3.8, 4) is 0 Å². The summed E-state index contributed by atoms with van der Waals surface area (Å²) in [6, 6.07) is 18.6. The van der Waals surface area contributed by atoms with Gasteiger partial charge in [-0.1, -0.05) is 60.7 Å². The smallest absolute Gasteiger partial charge is 0.193 e. The van der Waals surface area contributed by atoms with E-state index in [1.807, 2.05) is 60.7 Å². The molecule has 2 rings (SSSR count). The number of hydrogen-bond acceptors (Lipinski definition) is 2. The molecule has 2 aromatic rings. The predicted molar refractivity (Wildman–Crippen MR) is 61.3 cm³/mol. The van der Waals surface area contributed by atoms with Crippen molar-refractivity contribution in [2.45, 2.75) is 0 Å². The first kappa shape index (κ1) is 11.7. The first-order chi connectivity index (χ1) is 7.88. The van der Waals surface area contributed by atoms with E-state index in [-0.39, 0.29) is 5.78 Å². The van der Waals surface area contributed by atoms with Crippen LogP contribution in [0.2, 0.25) is 0 Å². The van der Waals surface area contributed by atoms with Crippen LogP contribution in [-0.4, -0.2) is 5.78 Å². The molecule has 16 heavy (non-hydrogen) atoms. The lowest BCUT2D eigenvalue weighted by molar-refractivity contribution is 0.103. The highest BCUT2D eigenvalue weighted by Crippen LogP contribution is 2.08. The van der Waals surface area contributed by atoms with E-state index in [9.17, 15) is 4.79 Å². The van der Waals surface area contributed by atoms with Crippen molar-refractivity contribution in [1.82, 2.24) is 0 Å². The van der Waals surface area contributed by atoms with Crippen LogP contribution in [-0.2, 0) is 0 Å². The molecule has 0 aliphatic rings. The van der Waals surface area contributed by atoms with Crippen molar-refractivity contribution >= 4 is 5.78 Å². The number of carbonyl (C=O) groups excluding carboxylic acids is 1. The molecule has 0 bridgehead atoms. The van der Waals surface area contributed by atoms with Gasteiger partial charge in [-0.2, -0.15) is 0 Å². The minimum absolute atomic E-state index is 0.0752. The van der Waals surface area contributed by atoms with Gasteiger partial charge in [0, 0.05) is 11.1 Å². The molecular weight excluding hydrogens is 198 g/mol. The monoisotopic (exact) mass is 208 g/mol. The predicted octanol–water partition coefficient (Wildman–Crippen LogP) is 3.01. The van der Waals surface area contributed by atoms with Gasteiger partial charge in [0.25, 0.3) is 0 Å². The summed E-state index contributed by atoms with van der Waals surface area (Å²) in [6.07, 6.45) is 0. The molecule has 2 aromatic carbocycles. The Morgan fingerprint density at radius 2 is 1.06 bits per heavy atom. The summed E-state index contributed by atoms with van der Waals surface area (Å²) in [7, 11) is 0. The number of benzene rings is 2. The Morgan fingerprint density at radius 3 is 1.38 bits per heavy atom. The second-order valence-corrected chi connectivity index (χ2v) is 3.06. The second kappa shape index (κ2) is 6.15. The molecule has 0 atom stereocenters. The molecule has 78 valence electrons. The fourth-order valence-corrected chi connectivity index (χ4v) is 1.35. The van der Waals surface area contributed by atoms with Crippen LogP contribution in [0.15, 0.2) is 60.7 Å². The molecule has 0 aliphatic carbocycles. The minimum Gasteiger partial charge on any atom is -0.512 e. The number of nitrogens with zero attached hydrogens (tertiary/aromatic N) is 1. The average molecular weight is 208 g/mol. The average Bonchev–Trinajstić information content (AvgIpc) is 2.42. The van der Waals surface area contributed by atoms with Crippen LogP contribution in [0.4, 0.5) is 0 Å². The van der Waals surface area contributed by atoms with Crippen LogP contribution >= 0.6 is 0 Å². The highest BCUT2D eigenvalue weighted by molar-refractivity contribution is 6.08. The quantitative estimate of drug-likeness (QED) is 0.562. The third-order valence-electron chi connectivity index (χ3n) is 2.07. The van der Waals surface area contributed by atoms with E-state index in [0.717, 1.165) is 11.1 Å². The third kappa shape index (κ3) is 2.79. The summed E-state index contributed by atoms with van der Waals surface area (Å²) in [5.41, 5.74) is 1.47. The molecule has 0 fully saturated rings. The second-order valence-electron chi connectivity index (χ2n) is 3.06. The zero-order valence-electron chi connectivity index (χ0n) is 8.63. The van der Waals surface area contributed by atoms with E-state index in [4.69, 9.17) is 11.8 Å². The summed E-state index contributed by atoms with van der Waals surface area (Å²) >= 11 is 0. The van der Waals surface area contributed by atoms with E-state index >= 15 is 0 Å². The number of hydrogen-bond donors (Lipinski definition) is 0. The first-order valence-corrected chi connectivity index (χ1v) is 4.75. The molecule has 2 heteroatoms. The van der Waals surface area contributed by atoms with Crippen molar-refractivity contribution in [2.24, 2.45) is 0 Å². The summed E-state index contributed by atoms with van der Waals surface area (Å²) in [5, 5.41) is 6.25. The largest absolute Gasteiger partial charge is 0.512 e.